The van der Waals surface area contributed by atoms with Crippen molar-refractivity contribution >= 4 is 17.7 Å². The van der Waals surface area contributed by atoms with E-state index in [9.17, 15) is 14.4 Å². The maximum absolute atomic E-state index is 11.7. The van der Waals surface area contributed by atoms with Crippen molar-refractivity contribution in [3.8, 4) is 0 Å². The molecule has 0 fully saturated rings. The Morgan fingerprint density at radius 2 is 1.89 bits per heavy atom. The molecule has 0 saturated carbocycles. The van der Waals surface area contributed by atoms with E-state index < -0.39 is 36.4 Å². The van der Waals surface area contributed by atoms with Crippen LogP contribution in [0.3, 0.4) is 0 Å². The molecule has 3 amide bonds. The topological polar surface area (TPSA) is 108 Å². The Morgan fingerprint density at radius 1 is 1.26 bits per heavy atom. The predicted octanol–water partition coefficient (Wildman–Crippen LogP) is -1.32. The summed E-state index contributed by atoms with van der Waals surface area (Å²) < 4.78 is 0. The lowest BCUT2D eigenvalue weighted by Crippen LogP contribution is -2.54. The molecule has 0 aliphatic heterocycles. The molecule has 0 unspecified atom stereocenters. The molecular formula is C12H21N3O4. The number of carbonyl (C=O) groups is 3. The van der Waals surface area contributed by atoms with Crippen LogP contribution in [0.15, 0.2) is 12.7 Å². The van der Waals surface area contributed by atoms with Gasteiger partial charge in [-0.25, -0.2) is 0 Å². The lowest BCUT2D eigenvalue weighted by atomic mass is 10.2. The highest BCUT2D eigenvalue weighted by atomic mass is 16.3. The number of rotatable bonds is 8. The standard InChI is InChI=1S/C12H21N3O4/c1-4-6-13-12(19)9(7-16)15-11(18)8(3)14-10(17)5-2/h5,8-9,16H,2,4,6-7H2,1,3H3,(H,13,19)(H,14,17)(H,15,18)/t8-,9-/m0/s1. The van der Waals surface area contributed by atoms with E-state index in [1.807, 2.05) is 6.92 Å². The molecule has 0 aromatic rings. The van der Waals surface area contributed by atoms with Gasteiger partial charge in [-0.15, -0.1) is 0 Å². The fourth-order valence-electron chi connectivity index (χ4n) is 1.20. The summed E-state index contributed by atoms with van der Waals surface area (Å²) in [7, 11) is 0. The molecule has 0 spiro atoms. The Balaban J connectivity index is 4.36. The summed E-state index contributed by atoms with van der Waals surface area (Å²) in [6.07, 6.45) is 1.80. The average Bonchev–Trinajstić information content (AvgIpc) is 2.41. The molecule has 0 aromatic heterocycles. The largest absolute Gasteiger partial charge is 0.394 e. The van der Waals surface area contributed by atoms with E-state index in [1.165, 1.54) is 6.92 Å². The van der Waals surface area contributed by atoms with Crippen molar-refractivity contribution in [3.05, 3.63) is 12.7 Å². The number of hydrogen-bond acceptors (Lipinski definition) is 4. The second kappa shape index (κ2) is 9.09. The molecule has 108 valence electrons. The molecule has 19 heavy (non-hydrogen) atoms. The van der Waals surface area contributed by atoms with Crippen LogP contribution < -0.4 is 16.0 Å². The molecule has 0 heterocycles. The number of amides is 3. The summed E-state index contributed by atoms with van der Waals surface area (Å²) in [5, 5.41) is 16.4. The summed E-state index contributed by atoms with van der Waals surface area (Å²) in [5.74, 6) is -1.50. The van der Waals surface area contributed by atoms with Crippen molar-refractivity contribution in [2.24, 2.45) is 0 Å². The monoisotopic (exact) mass is 271 g/mol. The van der Waals surface area contributed by atoms with Crippen LogP contribution in [0, 0.1) is 0 Å². The first-order valence-corrected chi connectivity index (χ1v) is 6.08. The van der Waals surface area contributed by atoms with Crippen molar-refractivity contribution in [2.45, 2.75) is 32.4 Å². The Kier molecular flexibility index (Phi) is 8.19. The van der Waals surface area contributed by atoms with Crippen molar-refractivity contribution in [1.29, 1.82) is 0 Å². The van der Waals surface area contributed by atoms with Crippen molar-refractivity contribution in [2.75, 3.05) is 13.2 Å². The number of hydrogen-bond donors (Lipinski definition) is 4. The summed E-state index contributed by atoms with van der Waals surface area (Å²) >= 11 is 0. The van der Waals surface area contributed by atoms with Gasteiger partial charge in [0.15, 0.2) is 0 Å². The number of nitrogens with one attached hydrogen (secondary N) is 3. The van der Waals surface area contributed by atoms with Crippen LogP contribution >= 0.6 is 0 Å². The molecule has 0 saturated heterocycles. The molecule has 7 nitrogen and oxygen atoms in total. The van der Waals surface area contributed by atoms with E-state index >= 15 is 0 Å². The van der Waals surface area contributed by atoms with Gasteiger partial charge in [-0.3, -0.25) is 14.4 Å². The highest BCUT2D eigenvalue weighted by Gasteiger charge is 2.22. The van der Waals surface area contributed by atoms with E-state index in [1.54, 1.807) is 0 Å². The SMILES string of the molecule is C=CC(=O)N[C@@H](C)C(=O)N[C@@H](CO)C(=O)NCCC. The van der Waals surface area contributed by atoms with Crippen LogP contribution in [0.25, 0.3) is 0 Å². The highest BCUT2D eigenvalue weighted by molar-refractivity contribution is 5.94. The number of carbonyl (C=O) groups excluding carboxylic acids is 3. The highest BCUT2D eigenvalue weighted by Crippen LogP contribution is 1.89. The van der Waals surface area contributed by atoms with Gasteiger partial charge < -0.3 is 21.1 Å². The Labute approximate surface area is 112 Å². The maximum atomic E-state index is 11.7. The number of aliphatic hydroxyl groups is 1. The summed E-state index contributed by atoms with van der Waals surface area (Å²) in [6.45, 7) is 6.58. The minimum Gasteiger partial charge on any atom is -0.394 e. The molecule has 7 heteroatoms. The van der Waals surface area contributed by atoms with Gasteiger partial charge in [0.1, 0.15) is 12.1 Å². The molecule has 0 aliphatic rings. The zero-order valence-electron chi connectivity index (χ0n) is 11.2. The molecule has 0 radical (unpaired) electrons. The Bertz CT molecular complexity index is 344. The minimum atomic E-state index is -1.03. The van der Waals surface area contributed by atoms with E-state index in [4.69, 9.17) is 5.11 Å². The third-order valence-electron chi connectivity index (χ3n) is 2.30. The fourth-order valence-corrected chi connectivity index (χ4v) is 1.20. The predicted molar refractivity (Wildman–Crippen MR) is 70.1 cm³/mol. The lowest BCUT2D eigenvalue weighted by Gasteiger charge is -2.19. The molecular weight excluding hydrogens is 250 g/mol. The van der Waals surface area contributed by atoms with Crippen molar-refractivity contribution in [1.82, 2.24) is 16.0 Å². The van der Waals surface area contributed by atoms with Crippen LogP contribution in [0.4, 0.5) is 0 Å². The second-order valence-corrected chi connectivity index (χ2v) is 3.97. The van der Waals surface area contributed by atoms with E-state index in [-0.39, 0.29) is 0 Å². The van der Waals surface area contributed by atoms with Gasteiger partial charge in [-0.2, -0.15) is 0 Å². The van der Waals surface area contributed by atoms with Gasteiger partial charge in [-0.1, -0.05) is 13.5 Å². The zero-order chi connectivity index (χ0) is 14.8. The van der Waals surface area contributed by atoms with E-state index in [0.717, 1.165) is 12.5 Å². The fraction of sp³-hybridized carbons (Fsp3) is 0.583. The van der Waals surface area contributed by atoms with Crippen LogP contribution in [-0.2, 0) is 14.4 Å². The van der Waals surface area contributed by atoms with Crippen molar-refractivity contribution < 1.29 is 19.5 Å². The quantitative estimate of drug-likeness (QED) is 0.411. The summed E-state index contributed by atoms with van der Waals surface area (Å²) in [5.41, 5.74) is 0. The van der Waals surface area contributed by atoms with Gasteiger partial charge in [0.2, 0.25) is 17.7 Å². The van der Waals surface area contributed by atoms with E-state index in [0.29, 0.717) is 6.54 Å². The van der Waals surface area contributed by atoms with Gasteiger partial charge in [-0.05, 0) is 19.4 Å². The second-order valence-electron chi connectivity index (χ2n) is 3.97. The summed E-state index contributed by atoms with van der Waals surface area (Å²) in [6, 6.07) is -1.85. The van der Waals surface area contributed by atoms with Crippen LogP contribution in [0.5, 0.6) is 0 Å². The third kappa shape index (κ3) is 6.56. The normalized spacial score (nSPS) is 13.0. The van der Waals surface area contributed by atoms with Gasteiger partial charge in [0.25, 0.3) is 0 Å². The Hall–Kier alpha value is -1.89. The minimum absolute atomic E-state index is 0.458. The molecule has 4 N–H and O–H groups in total. The first-order valence-electron chi connectivity index (χ1n) is 6.08. The van der Waals surface area contributed by atoms with Gasteiger partial charge in [0.05, 0.1) is 6.61 Å². The average molecular weight is 271 g/mol. The molecule has 0 bridgehead atoms. The molecule has 0 aromatic carbocycles. The number of aliphatic hydroxyl groups excluding tert-OH is 1. The molecule has 2 atom stereocenters. The smallest absolute Gasteiger partial charge is 0.244 e. The van der Waals surface area contributed by atoms with Crippen LogP contribution in [0.2, 0.25) is 0 Å². The zero-order valence-corrected chi connectivity index (χ0v) is 11.2. The molecule has 0 rings (SSSR count). The third-order valence-corrected chi connectivity index (χ3v) is 2.30. The lowest BCUT2D eigenvalue weighted by molar-refractivity contribution is -0.131. The van der Waals surface area contributed by atoms with E-state index in [2.05, 4.69) is 22.5 Å². The maximum Gasteiger partial charge on any atom is 0.244 e. The summed E-state index contributed by atoms with van der Waals surface area (Å²) in [4.78, 5) is 34.3. The van der Waals surface area contributed by atoms with Crippen LogP contribution in [0.1, 0.15) is 20.3 Å². The molecule has 0 aliphatic carbocycles. The van der Waals surface area contributed by atoms with Crippen LogP contribution in [-0.4, -0.2) is 48.1 Å². The first-order chi connectivity index (χ1) is 8.96. The Morgan fingerprint density at radius 3 is 2.37 bits per heavy atom. The van der Waals surface area contributed by atoms with Crippen molar-refractivity contribution in [3.63, 3.8) is 0 Å². The van der Waals surface area contributed by atoms with Gasteiger partial charge in [0, 0.05) is 6.54 Å². The first kappa shape index (κ1) is 17.1. The van der Waals surface area contributed by atoms with Gasteiger partial charge >= 0.3 is 0 Å².